The van der Waals surface area contributed by atoms with Crippen LogP contribution in [0.25, 0.3) is 16.6 Å². The van der Waals surface area contributed by atoms with Crippen LogP contribution < -0.4 is 5.56 Å². The zero-order valence-corrected chi connectivity index (χ0v) is 13.2. The average Bonchev–Trinajstić information content (AvgIpc) is 2.42. The Labute approximate surface area is 135 Å². The molecule has 106 valence electrons. The molecule has 0 N–H and O–H groups in total. The normalized spacial score (nSPS) is 11.0. The Morgan fingerprint density at radius 3 is 2.43 bits per heavy atom. The minimum atomic E-state index is -0.210. The van der Waals surface area contributed by atoms with E-state index < -0.39 is 0 Å². The molecule has 21 heavy (non-hydrogen) atoms. The molecule has 0 spiro atoms. The summed E-state index contributed by atoms with van der Waals surface area (Å²) < 4.78 is 1.45. The van der Waals surface area contributed by atoms with Crippen molar-refractivity contribution in [2.45, 2.75) is 6.92 Å². The van der Waals surface area contributed by atoms with Gasteiger partial charge in [0.05, 0.1) is 21.6 Å². The Bertz CT molecular complexity index is 919. The highest BCUT2D eigenvalue weighted by Crippen LogP contribution is 2.25. The maximum atomic E-state index is 12.7. The van der Waals surface area contributed by atoms with Crippen LogP contribution in [0.3, 0.4) is 0 Å². The van der Waals surface area contributed by atoms with Crippen molar-refractivity contribution in [2.24, 2.45) is 0 Å². The number of hydrogen-bond acceptors (Lipinski definition) is 2. The van der Waals surface area contributed by atoms with Crippen LogP contribution in [0, 0.1) is 6.92 Å². The second-order valence-corrected chi connectivity index (χ2v) is 5.84. The molecule has 0 aliphatic heterocycles. The maximum absolute atomic E-state index is 12.7. The average molecular weight is 340 g/mol. The van der Waals surface area contributed by atoms with Crippen LogP contribution >= 0.6 is 34.8 Å². The van der Waals surface area contributed by atoms with Gasteiger partial charge in [-0.05, 0) is 43.3 Å². The second-order valence-electron chi connectivity index (χ2n) is 4.56. The third kappa shape index (κ3) is 2.53. The van der Waals surface area contributed by atoms with Crippen LogP contribution in [-0.4, -0.2) is 9.55 Å². The molecule has 3 aromatic rings. The van der Waals surface area contributed by atoms with Crippen molar-refractivity contribution in [3.05, 3.63) is 67.6 Å². The monoisotopic (exact) mass is 338 g/mol. The lowest BCUT2D eigenvalue weighted by Gasteiger charge is -2.12. The van der Waals surface area contributed by atoms with Gasteiger partial charge in [-0.25, -0.2) is 4.98 Å². The first-order valence-corrected chi connectivity index (χ1v) is 7.25. The zero-order chi connectivity index (χ0) is 15.1. The fourth-order valence-corrected chi connectivity index (χ4v) is 2.75. The quantitative estimate of drug-likeness (QED) is 0.646. The highest BCUT2D eigenvalue weighted by Gasteiger charge is 2.13. The van der Waals surface area contributed by atoms with Crippen molar-refractivity contribution in [3.8, 4) is 5.69 Å². The first-order chi connectivity index (χ1) is 9.97. The molecule has 3 nitrogen and oxygen atoms in total. The second kappa shape index (κ2) is 5.34. The lowest BCUT2D eigenvalue weighted by molar-refractivity contribution is 0.895. The van der Waals surface area contributed by atoms with Gasteiger partial charge >= 0.3 is 0 Å². The summed E-state index contributed by atoms with van der Waals surface area (Å²) in [6.45, 7) is 1.74. The van der Waals surface area contributed by atoms with Crippen molar-refractivity contribution >= 4 is 45.7 Å². The van der Waals surface area contributed by atoms with Crippen molar-refractivity contribution in [1.29, 1.82) is 0 Å². The predicted molar refractivity (Wildman–Crippen MR) is 87.1 cm³/mol. The summed E-state index contributed by atoms with van der Waals surface area (Å²) in [5.41, 5.74) is 0.855. The van der Waals surface area contributed by atoms with Crippen molar-refractivity contribution in [3.63, 3.8) is 0 Å². The standard InChI is InChI=1S/C15H9Cl3N2O/c1-8-19-13-6-9(16)2-4-11(13)15(21)20(8)14-7-10(17)3-5-12(14)18/h2-7H,1H3. The minimum Gasteiger partial charge on any atom is -0.268 e. The van der Waals surface area contributed by atoms with Gasteiger partial charge in [0, 0.05) is 10.0 Å². The Morgan fingerprint density at radius 1 is 1.00 bits per heavy atom. The van der Waals surface area contributed by atoms with E-state index in [4.69, 9.17) is 34.8 Å². The van der Waals surface area contributed by atoms with Crippen LogP contribution in [0.2, 0.25) is 15.1 Å². The third-order valence-corrected chi connectivity index (χ3v) is 3.94. The van der Waals surface area contributed by atoms with Gasteiger partial charge in [0.15, 0.2) is 0 Å². The number of fused-ring (bicyclic) bond motifs is 1. The maximum Gasteiger partial charge on any atom is 0.266 e. The summed E-state index contributed by atoms with van der Waals surface area (Å²) >= 11 is 18.1. The number of halogens is 3. The van der Waals surface area contributed by atoms with Crippen molar-refractivity contribution in [2.75, 3.05) is 0 Å². The number of aromatic nitrogens is 2. The zero-order valence-electron chi connectivity index (χ0n) is 10.9. The van der Waals surface area contributed by atoms with Gasteiger partial charge in [-0.3, -0.25) is 9.36 Å². The fraction of sp³-hybridized carbons (Fsp3) is 0.0667. The van der Waals surface area contributed by atoms with Crippen molar-refractivity contribution < 1.29 is 0 Å². The summed E-state index contributed by atoms with van der Waals surface area (Å²) in [6.07, 6.45) is 0. The topological polar surface area (TPSA) is 34.9 Å². The highest BCUT2D eigenvalue weighted by atomic mass is 35.5. The molecule has 1 heterocycles. The van der Waals surface area contributed by atoms with E-state index in [-0.39, 0.29) is 5.56 Å². The van der Waals surface area contributed by atoms with Gasteiger partial charge in [-0.2, -0.15) is 0 Å². The summed E-state index contributed by atoms with van der Waals surface area (Å²) in [5, 5.41) is 1.94. The summed E-state index contributed by atoms with van der Waals surface area (Å²) in [4.78, 5) is 17.1. The number of rotatable bonds is 1. The minimum absolute atomic E-state index is 0.210. The highest BCUT2D eigenvalue weighted by molar-refractivity contribution is 6.34. The Morgan fingerprint density at radius 2 is 1.67 bits per heavy atom. The molecule has 0 saturated heterocycles. The van der Waals surface area contributed by atoms with E-state index in [0.29, 0.717) is 37.5 Å². The van der Waals surface area contributed by atoms with Crippen LogP contribution in [0.15, 0.2) is 41.2 Å². The SMILES string of the molecule is Cc1nc2cc(Cl)ccc2c(=O)n1-c1cc(Cl)ccc1Cl. The van der Waals surface area contributed by atoms with E-state index >= 15 is 0 Å². The molecule has 0 fully saturated rings. The number of aryl methyl sites for hydroxylation is 1. The fourth-order valence-electron chi connectivity index (χ4n) is 2.21. The molecule has 6 heteroatoms. The molecule has 0 unspecified atom stereocenters. The molecule has 0 radical (unpaired) electrons. The lowest BCUT2D eigenvalue weighted by Crippen LogP contribution is -2.22. The summed E-state index contributed by atoms with van der Waals surface area (Å²) in [5.74, 6) is 0.513. The van der Waals surface area contributed by atoms with E-state index in [0.717, 1.165) is 0 Å². The number of hydrogen-bond donors (Lipinski definition) is 0. The van der Waals surface area contributed by atoms with E-state index in [1.165, 1.54) is 4.57 Å². The van der Waals surface area contributed by atoms with E-state index in [1.54, 1.807) is 43.3 Å². The third-order valence-electron chi connectivity index (χ3n) is 3.15. The van der Waals surface area contributed by atoms with Gasteiger partial charge in [-0.1, -0.05) is 34.8 Å². The first-order valence-electron chi connectivity index (χ1n) is 6.12. The van der Waals surface area contributed by atoms with Crippen LogP contribution in [0.5, 0.6) is 0 Å². The molecule has 0 bridgehead atoms. The van der Waals surface area contributed by atoms with Gasteiger partial charge in [0.25, 0.3) is 5.56 Å². The van der Waals surface area contributed by atoms with E-state index in [2.05, 4.69) is 4.98 Å². The Hall–Kier alpha value is -1.55. The van der Waals surface area contributed by atoms with Gasteiger partial charge < -0.3 is 0 Å². The molecule has 3 rings (SSSR count). The molecule has 0 aliphatic rings. The van der Waals surface area contributed by atoms with Gasteiger partial charge in [0.1, 0.15) is 5.82 Å². The van der Waals surface area contributed by atoms with E-state index in [9.17, 15) is 4.79 Å². The van der Waals surface area contributed by atoms with Crippen molar-refractivity contribution in [1.82, 2.24) is 9.55 Å². The Balaban J connectivity index is 2.41. The molecular weight excluding hydrogens is 331 g/mol. The molecule has 0 saturated carbocycles. The predicted octanol–water partition coefficient (Wildman–Crippen LogP) is 4.65. The molecule has 0 aliphatic carbocycles. The smallest absolute Gasteiger partial charge is 0.266 e. The summed E-state index contributed by atoms with van der Waals surface area (Å²) in [6, 6.07) is 9.93. The molecule has 2 aromatic carbocycles. The largest absolute Gasteiger partial charge is 0.268 e. The van der Waals surface area contributed by atoms with Crippen LogP contribution in [0.4, 0.5) is 0 Å². The number of nitrogens with zero attached hydrogens (tertiary/aromatic N) is 2. The van der Waals surface area contributed by atoms with E-state index in [1.807, 2.05) is 0 Å². The molecule has 0 amide bonds. The van der Waals surface area contributed by atoms with Crippen LogP contribution in [-0.2, 0) is 0 Å². The summed E-state index contributed by atoms with van der Waals surface area (Å²) in [7, 11) is 0. The Kier molecular flexibility index (Phi) is 3.66. The lowest BCUT2D eigenvalue weighted by atomic mass is 10.2. The number of benzene rings is 2. The molecule has 1 aromatic heterocycles. The molecule has 0 atom stereocenters. The van der Waals surface area contributed by atoms with Gasteiger partial charge in [0.2, 0.25) is 0 Å². The van der Waals surface area contributed by atoms with Gasteiger partial charge in [-0.15, -0.1) is 0 Å². The first kappa shape index (κ1) is 14.4. The molecular formula is C15H9Cl3N2O. The van der Waals surface area contributed by atoms with Crippen LogP contribution in [0.1, 0.15) is 5.82 Å².